The highest BCUT2D eigenvalue weighted by molar-refractivity contribution is 6.32. The van der Waals surface area contributed by atoms with Gasteiger partial charge in [-0.05, 0) is 18.2 Å². The van der Waals surface area contributed by atoms with Gasteiger partial charge in [0.05, 0.1) is 36.3 Å². The molecule has 7 nitrogen and oxygen atoms in total. The smallest absolute Gasteiger partial charge is 0.435 e. The Balaban J connectivity index is 2.07. The molecule has 0 bridgehead atoms. The van der Waals surface area contributed by atoms with Gasteiger partial charge in [-0.2, -0.15) is 18.3 Å². The molecule has 3 aromatic rings. The first-order valence-electron chi connectivity index (χ1n) is 8.40. The van der Waals surface area contributed by atoms with Crippen molar-refractivity contribution in [1.29, 1.82) is 0 Å². The van der Waals surface area contributed by atoms with Crippen molar-refractivity contribution in [3.63, 3.8) is 0 Å². The zero-order valence-electron chi connectivity index (χ0n) is 15.7. The Morgan fingerprint density at radius 3 is 2.40 bits per heavy atom. The maximum absolute atomic E-state index is 13.3. The molecule has 0 aliphatic heterocycles. The largest absolute Gasteiger partial charge is 0.495 e. The zero-order chi connectivity index (χ0) is 22.1. The maximum Gasteiger partial charge on any atom is 0.435 e. The number of nitrogens with zero attached hydrogens (tertiary/aromatic N) is 2. The number of hydrogen-bond donors (Lipinski definition) is 2. The van der Waals surface area contributed by atoms with Crippen molar-refractivity contribution < 1.29 is 27.4 Å². The minimum Gasteiger partial charge on any atom is -0.495 e. The van der Waals surface area contributed by atoms with Gasteiger partial charge in [0, 0.05) is 12.1 Å². The Morgan fingerprint density at radius 1 is 1.13 bits per heavy atom. The predicted molar refractivity (Wildman–Crippen MR) is 105 cm³/mol. The van der Waals surface area contributed by atoms with E-state index < -0.39 is 17.8 Å². The fraction of sp³-hybridized carbons (Fsp3) is 0.158. The monoisotopic (exact) mass is 440 g/mol. The molecule has 0 fully saturated rings. The van der Waals surface area contributed by atoms with E-state index in [1.807, 2.05) is 0 Å². The topological polar surface area (TPSA) is 91.4 Å². The van der Waals surface area contributed by atoms with Crippen molar-refractivity contribution in [2.45, 2.75) is 6.18 Å². The first-order valence-corrected chi connectivity index (χ1v) is 8.78. The quantitative estimate of drug-likeness (QED) is 0.574. The Morgan fingerprint density at radius 2 is 1.80 bits per heavy atom. The van der Waals surface area contributed by atoms with Crippen molar-refractivity contribution in [1.82, 2.24) is 9.78 Å². The molecular weight excluding hydrogens is 425 g/mol. The SMILES string of the molecule is COc1cc(OC)c(NC(=O)c2cc(C(F)(F)F)nn2-c2ccccc2N)cc1Cl. The Kier molecular flexibility index (Phi) is 5.79. The minimum atomic E-state index is -4.76. The van der Waals surface area contributed by atoms with Gasteiger partial charge >= 0.3 is 6.18 Å². The van der Waals surface area contributed by atoms with E-state index in [1.165, 1.54) is 38.5 Å². The van der Waals surface area contributed by atoms with Crippen LogP contribution in [0.1, 0.15) is 16.2 Å². The lowest BCUT2D eigenvalue weighted by Gasteiger charge is -2.14. The number of nitrogens with one attached hydrogen (secondary N) is 1. The van der Waals surface area contributed by atoms with Gasteiger partial charge in [0.15, 0.2) is 5.69 Å². The third-order valence-corrected chi connectivity index (χ3v) is 4.41. The van der Waals surface area contributed by atoms with Crippen LogP contribution < -0.4 is 20.5 Å². The van der Waals surface area contributed by atoms with Gasteiger partial charge in [0.25, 0.3) is 5.91 Å². The van der Waals surface area contributed by atoms with Crippen LogP contribution in [0.25, 0.3) is 5.69 Å². The summed E-state index contributed by atoms with van der Waals surface area (Å²) in [5.74, 6) is -0.375. The molecule has 0 aliphatic carbocycles. The Hall–Kier alpha value is -3.40. The number of aromatic nitrogens is 2. The van der Waals surface area contributed by atoms with Crippen LogP contribution >= 0.6 is 11.6 Å². The van der Waals surface area contributed by atoms with Crippen molar-refractivity contribution in [3.05, 3.63) is 58.9 Å². The van der Waals surface area contributed by atoms with Gasteiger partial charge in [-0.3, -0.25) is 4.79 Å². The number of amides is 1. The summed E-state index contributed by atoms with van der Waals surface area (Å²) in [5, 5.41) is 6.20. The first-order chi connectivity index (χ1) is 14.2. The van der Waals surface area contributed by atoms with Crippen molar-refractivity contribution >= 4 is 28.9 Å². The number of halogens is 4. The second-order valence-electron chi connectivity index (χ2n) is 6.02. The maximum atomic E-state index is 13.3. The summed E-state index contributed by atoms with van der Waals surface area (Å²) in [5.41, 5.74) is 4.65. The lowest BCUT2D eigenvalue weighted by atomic mass is 10.2. The van der Waals surface area contributed by atoms with Crippen LogP contribution in [0.4, 0.5) is 24.5 Å². The average molecular weight is 441 g/mol. The molecular formula is C19H16ClF3N4O3. The lowest BCUT2D eigenvalue weighted by Crippen LogP contribution is -2.18. The summed E-state index contributed by atoms with van der Waals surface area (Å²) in [7, 11) is 2.76. The van der Waals surface area contributed by atoms with E-state index in [-0.39, 0.29) is 33.5 Å². The van der Waals surface area contributed by atoms with Gasteiger partial charge in [-0.15, -0.1) is 0 Å². The number of benzene rings is 2. The molecule has 11 heteroatoms. The molecule has 1 heterocycles. The highest BCUT2D eigenvalue weighted by Crippen LogP contribution is 2.36. The van der Waals surface area contributed by atoms with Gasteiger partial charge in [0.2, 0.25) is 0 Å². The van der Waals surface area contributed by atoms with Crippen molar-refractivity contribution in [2.75, 3.05) is 25.3 Å². The van der Waals surface area contributed by atoms with Gasteiger partial charge in [0.1, 0.15) is 17.2 Å². The molecule has 0 aliphatic rings. The molecule has 2 aromatic carbocycles. The van der Waals surface area contributed by atoms with Crippen LogP contribution in [0.2, 0.25) is 5.02 Å². The van der Waals surface area contributed by atoms with Crippen LogP contribution in [0.15, 0.2) is 42.5 Å². The number of nitrogens with two attached hydrogens (primary N) is 1. The number of anilines is 2. The molecule has 0 unspecified atom stereocenters. The van der Waals surface area contributed by atoms with Crippen LogP contribution in [0.5, 0.6) is 11.5 Å². The van der Waals surface area contributed by atoms with E-state index >= 15 is 0 Å². The van der Waals surface area contributed by atoms with E-state index in [0.717, 1.165) is 4.68 Å². The standard InChI is InChI=1S/C19H16ClF3N4O3/c1-29-15-9-16(30-2)12(7-10(15)20)25-18(28)14-8-17(19(21,22)23)26-27(14)13-6-4-3-5-11(13)24/h3-9H,24H2,1-2H3,(H,25,28). The molecule has 0 spiro atoms. The number of ether oxygens (including phenoxy) is 2. The van der Waals surface area contributed by atoms with E-state index in [1.54, 1.807) is 12.1 Å². The number of rotatable bonds is 5. The van der Waals surface area contributed by atoms with E-state index in [4.69, 9.17) is 26.8 Å². The van der Waals surface area contributed by atoms with Crippen molar-refractivity contribution in [3.8, 4) is 17.2 Å². The van der Waals surface area contributed by atoms with Crippen LogP contribution in [-0.2, 0) is 6.18 Å². The summed E-state index contributed by atoms with van der Waals surface area (Å²) in [6, 6.07) is 9.54. The predicted octanol–water partition coefficient (Wildman–Crippen LogP) is 4.40. The average Bonchev–Trinajstić information content (AvgIpc) is 3.14. The molecule has 1 amide bonds. The molecule has 0 atom stereocenters. The first kappa shape index (κ1) is 21.3. The highest BCUT2D eigenvalue weighted by Gasteiger charge is 2.36. The molecule has 1 aromatic heterocycles. The number of carbonyl (C=O) groups excluding carboxylic acids is 1. The van der Waals surface area contributed by atoms with Crippen LogP contribution in [-0.4, -0.2) is 29.9 Å². The van der Waals surface area contributed by atoms with Gasteiger partial charge < -0.3 is 20.5 Å². The molecule has 158 valence electrons. The number of alkyl halides is 3. The number of nitrogen functional groups attached to an aromatic ring is 1. The third-order valence-electron chi connectivity index (χ3n) is 4.12. The minimum absolute atomic E-state index is 0.123. The summed E-state index contributed by atoms with van der Waals surface area (Å²) < 4.78 is 50.9. The van der Waals surface area contributed by atoms with E-state index in [0.29, 0.717) is 11.8 Å². The summed E-state index contributed by atoms with van der Waals surface area (Å²) in [6.45, 7) is 0. The van der Waals surface area contributed by atoms with Crippen LogP contribution in [0, 0.1) is 0 Å². The summed E-state index contributed by atoms with van der Waals surface area (Å²) in [6.07, 6.45) is -4.76. The lowest BCUT2D eigenvalue weighted by molar-refractivity contribution is -0.141. The van der Waals surface area contributed by atoms with Gasteiger partial charge in [-0.25, -0.2) is 4.68 Å². The Labute approximate surface area is 174 Å². The normalized spacial score (nSPS) is 11.3. The summed E-state index contributed by atoms with van der Waals surface area (Å²) >= 11 is 6.09. The number of para-hydroxylation sites is 2. The van der Waals surface area contributed by atoms with Crippen molar-refractivity contribution in [2.24, 2.45) is 0 Å². The molecule has 3 rings (SSSR count). The summed E-state index contributed by atoms with van der Waals surface area (Å²) in [4.78, 5) is 12.9. The zero-order valence-corrected chi connectivity index (χ0v) is 16.5. The second kappa shape index (κ2) is 8.15. The third kappa shape index (κ3) is 4.13. The highest BCUT2D eigenvalue weighted by atomic mass is 35.5. The Bertz CT molecular complexity index is 1100. The van der Waals surface area contributed by atoms with Crippen LogP contribution in [0.3, 0.4) is 0 Å². The molecule has 0 saturated heterocycles. The molecule has 30 heavy (non-hydrogen) atoms. The molecule has 0 saturated carbocycles. The number of carbonyl (C=O) groups is 1. The second-order valence-corrected chi connectivity index (χ2v) is 6.43. The molecule has 0 radical (unpaired) electrons. The number of hydrogen-bond acceptors (Lipinski definition) is 5. The van der Waals surface area contributed by atoms with E-state index in [2.05, 4.69) is 10.4 Å². The molecule has 3 N–H and O–H groups in total. The van der Waals surface area contributed by atoms with Gasteiger partial charge in [-0.1, -0.05) is 23.7 Å². The van der Waals surface area contributed by atoms with E-state index in [9.17, 15) is 18.0 Å². The fourth-order valence-corrected chi connectivity index (χ4v) is 2.93. The number of methoxy groups -OCH3 is 2. The fourth-order valence-electron chi connectivity index (χ4n) is 2.69.